The predicted octanol–water partition coefficient (Wildman–Crippen LogP) is 5.48. The molecular formula is C25H25F3N6O2S. The topological polar surface area (TPSA) is 107 Å². The lowest BCUT2D eigenvalue weighted by Gasteiger charge is -2.27. The number of hydrogen-bond donors (Lipinski definition) is 1. The van der Waals surface area contributed by atoms with Gasteiger partial charge in [-0.25, -0.2) is 9.69 Å². The Bertz CT molecular complexity index is 1380. The molecule has 0 aliphatic heterocycles. The number of carbonyl (C=O) groups excluding carboxylic acids is 1. The van der Waals surface area contributed by atoms with Crippen LogP contribution >= 0.6 is 11.3 Å². The number of hydrogen-bond acceptors (Lipinski definition) is 8. The van der Waals surface area contributed by atoms with Gasteiger partial charge in [-0.3, -0.25) is 0 Å². The molecule has 1 amide bonds. The summed E-state index contributed by atoms with van der Waals surface area (Å²) < 4.78 is 44.2. The van der Waals surface area contributed by atoms with Gasteiger partial charge in [0.15, 0.2) is 0 Å². The van der Waals surface area contributed by atoms with Crippen molar-refractivity contribution in [1.29, 1.82) is 0 Å². The van der Waals surface area contributed by atoms with Gasteiger partial charge in [-0.1, -0.05) is 41.7 Å². The number of carbonyl (C=O) groups is 1. The number of amides is 1. The van der Waals surface area contributed by atoms with E-state index in [2.05, 4.69) is 20.4 Å². The number of ether oxygens (including phenoxy) is 1. The van der Waals surface area contributed by atoms with Gasteiger partial charge in [0.25, 0.3) is 0 Å². The Morgan fingerprint density at radius 2 is 1.76 bits per heavy atom. The first-order valence-electron chi connectivity index (χ1n) is 11.4. The number of nitrogens with zero attached hydrogens (tertiary/aromatic N) is 5. The molecule has 0 fully saturated rings. The highest BCUT2D eigenvalue weighted by Gasteiger charge is 2.31. The Kier molecular flexibility index (Phi) is 7.42. The lowest BCUT2D eigenvalue weighted by Crippen LogP contribution is -2.44. The van der Waals surface area contributed by atoms with Crippen LogP contribution in [0, 0.1) is 0 Å². The lowest BCUT2D eigenvalue weighted by atomic mass is 10.0. The number of fused-ring (bicyclic) bond motifs is 1. The maximum atomic E-state index is 13.1. The fraction of sp³-hybridized carbons (Fsp3) is 0.320. The van der Waals surface area contributed by atoms with Gasteiger partial charge in [-0.2, -0.15) is 23.4 Å². The van der Waals surface area contributed by atoms with Gasteiger partial charge in [0.05, 0.1) is 18.0 Å². The molecule has 0 unspecified atom stereocenters. The van der Waals surface area contributed by atoms with Crippen molar-refractivity contribution in [3.8, 4) is 10.6 Å². The summed E-state index contributed by atoms with van der Waals surface area (Å²) in [5, 5.41) is 18.9. The molecule has 4 rings (SSSR count). The first kappa shape index (κ1) is 26.4. The SMILES string of the molecule is CC(C)(C)OC(=O)N(C[C@@H](N)Cc1ccc(C(F)(F)F)cc1)c1nnc(-c2cccc3cnncc23)s1. The number of anilines is 1. The molecule has 8 nitrogen and oxygen atoms in total. The second kappa shape index (κ2) is 10.4. The molecule has 2 heterocycles. The van der Waals surface area contributed by atoms with Gasteiger partial charge < -0.3 is 10.5 Å². The highest BCUT2D eigenvalue weighted by atomic mass is 32.1. The van der Waals surface area contributed by atoms with Crippen LogP contribution < -0.4 is 10.6 Å². The smallest absolute Gasteiger partial charge is 0.416 e. The van der Waals surface area contributed by atoms with E-state index in [1.807, 2.05) is 18.2 Å². The Labute approximate surface area is 215 Å². The van der Waals surface area contributed by atoms with E-state index in [0.29, 0.717) is 10.6 Å². The average Bonchev–Trinajstić information content (AvgIpc) is 3.30. The second-order valence-corrected chi connectivity index (χ2v) is 10.4. The monoisotopic (exact) mass is 530 g/mol. The molecule has 2 aromatic carbocycles. The van der Waals surface area contributed by atoms with Crippen molar-refractivity contribution in [3.63, 3.8) is 0 Å². The highest BCUT2D eigenvalue weighted by molar-refractivity contribution is 7.18. The zero-order valence-electron chi connectivity index (χ0n) is 20.4. The van der Waals surface area contributed by atoms with E-state index >= 15 is 0 Å². The minimum Gasteiger partial charge on any atom is -0.443 e. The Morgan fingerprint density at radius 3 is 2.43 bits per heavy atom. The summed E-state index contributed by atoms with van der Waals surface area (Å²) in [6.45, 7) is 5.25. The molecular weight excluding hydrogens is 505 g/mol. The van der Waals surface area contributed by atoms with Crippen LogP contribution in [0.15, 0.2) is 54.9 Å². The molecule has 2 aromatic heterocycles. The molecule has 0 bridgehead atoms. The summed E-state index contributed by atoms with van der Waals surface area (Å²) in [4.78, 5) is 14.4. The zero-order chi connectivity index (χ0) is 26.8. The third kappa shape index (κ3) is 6.57. The summed E-state index contributed by atoms with van der Waals surface area (Å²) in [5.41, 5.74) is 6.22. The minimum absolute atomic E-state index is 0.0194. The van der Waals surface area contributed by atoms with Crippen LogP contribution in [-0.2, 0) is 17.3 Å². The van der Waals surface area contributed by atoms with Crippen molar-refractivity contribution in [2.45, 2.75) is 45.0 Å². The number of rotatable bonds is 6. The van der Waals surface area contributed by atoms with Crippen LogP contribution in [0.4, 0.5) is 23.1 Å². The fourth-order valence-electron chi connectivity index (χ4n) is 3.63. The second-order valence-electron chi connectivity index (χ2n) is 9.44. The Morgan fingerprint density at radius 1 is 1.05 bits per heavy atom. The molecule has 37 heavy (non-hydrogen) atoms. The van der Waals surface area contributed by atoms with Crippen LogP contribution in [0.25, 0.3) is 21.3 Å². The number of alkyl halides is 3. The van der Waals surface area contributed by atoms with Crippen LogP contribution in [0.1, 0.15) is 31.9 Å². The van der Waals surface area contributed by atoms with Crippen molar-refractivity contribution < 1.29 is 22.7 Å². The van der Waals surface area contributed by atoms with E-state index in [0.717, 1.165) is 28.5 Å². The molecule has 0 aliphatic rings. The molecule has 0 radical (unpaired) electrons. The maximum Gasteiger partial charge on any atom is 0.416 e. The summed E-state index contributed by atoms with van der Waals surface area (Å²) in [7, 11) is 0. The molecule has 12 heteroatoms. The third-order valence-electron chi connectivity index (χ3n) is 5.28. The number of halogens is 3. The fourth-order valence-corrected chi connectivity index (χ4v) is 4.51. The van der Waals surface area contributed by atoms with E-state index in [1.165, 1.54) is 28.4 Å². The number of benzene rings is 2. The van der Waals surface area contributed by atoms with Gasteiger partial charge in [0, 0.05) is 28.9 Å². The summed E-state index contributed by atoms with van der Waals surface area (Å²) in [6.07, 6.45) is -1.54. The van der Waals surface area contributed by atoms with E-state index in [4.69, 9.17) is 10.5 Å². The van der Waals surface area contributed by atoms with Crippen molar-refractivity contribution in [2.24, 2.45) is 5.73 Å². The predicted molar refractivity (Wildman–Crippen MR) is 135 cm³/mol. The zero-order valence-corrected chi connectivity index (χ0v) is 21.2. The van der Waals surface area contributed by atoms with Crippen LogP contribution in [-0.4, -0.2) is 44.7 Å². The molecule has 1 atom stereocenters. The molecule has 194 valence electrons. The van der Waals surface area contributed by atoms with Gasteiger partial charge in [0.1, 0.15) is 10.6 Å². The Balaban J connectivity index is 1.58. The summed E-state index contributed by atoms with van der Waals surface area (Å²) in [5.74, 6) is 0. The Hall–Kier alpha value is -3.64. The summed E-state index contributed by atoms with van der Waals surface area (Å²) >= 11 is 1.19. The van der Waals surface area contributed by atoms with E-state index in [9.17, 15) is 18.0 Å². The van der Waals surface area contributed by atoms with Gasteiger partial charge >= 0.3 is 12.3 Å². The van der Waals surface area contributed by atoms with Crippen LogP contribution in [0.3, 0.4) is 0 Å². The quantitative estimate of drug-likeness (QED) is 0.352. The van der Waals surface area contributed by atoms with Crippen molar-refractivity contribution in [1.82, 2.24) is 20.4 Å². The van der Waals surface area contributed by atoms with Gasteiger partial charge in [0.2, 0.25) is 5.13 Å². The molecule has 0 spiro atoms. The molecule has 0 aliphatic carbocycles. The van der Waals surface area contributed by atoms with Crippen LogP contribution in [0.2, 0.25) is 0 Å². The maximum absolute atomic E-state index is 13.1. The minimum atomic E-state index is -4.42. The average molecular weight is 531 g/mol. The highest BCUT2D eigenvalue weighted by Crippen LogP contribution is 2.34. The van der Waals surface area contributed by atoms with Gasteiger partial charge in [-0.05, 0) is 44.9 Å². The van der Waals surface area contributed by atoms with E-state index in [1.54, 1.807) is 33.2 Å². The summed E-state index contributed by atoms with van der Waals surface area (Å²) in [6, 6.07) is 9.83. The number of aromatic nitrogens is 4. The van der Waals surface area contributed by atoms with Crippen molar-refractivity contribution >= 4 is 33.3 Å². The van der Waals surface area contributed by atoms with Crippen molar-refractivity contribution in [2.75, 3.05) is 11.4 Å². The normalized spacial score (nSPS) is 12.9. The van der Waals surface area contributed by atoms with Crippen LogP contribution in [0.5, 0.6) is 0 Å². The number of nitrogens with two attached hydrogens (primary N) is 1. The molecule has 2 N–H and O–H groups in total. The molecule has 0 saturated carbocycles. The standard InChI is InChI=1S/C25H25F3N6O2S/c1-24(2,3)36-23(35)34(14-18(29)11-15-7-9-17(10-8-15)25(26,27)28)22-33-32-21(37-22)19-6-4-5-16-12-30-31-13-20(16)19/h4-10,12-13,18H,11,14,29H2,1-3H3/t18-/m0/s1. The first-order valence-corrected chi connectivity index (χ1v) is 12.2. The largest absolute Gasteiger partial charge is 0.443 e. The van der Waals surface area contributed by atoms with Crippen molar-refractivity contribution in [3.05, 3.63) is 66.0 Å². The van der Waals surface area contributed by atoms with E-state index in [-0.39, 0.29) is 18.1 Å². The molecule has 0 saturated heterocycles. The molecule has 4 aromatic rings. The third-order valence-corrected chi connectivity index (χ3v) is 6.26. The van der Waals surface area contributed by atoms with Gasteiger partial charge in [-0.15, -0.1) is 10.2 Å². The lowest BCUT2D eigenvalue weighted by molar-refractivity contribution is -0.137. The first-order chi connectivity index (χ1) is 17.4. The van der Waals surface area contributed by atoms with E-state index < -0.39 is 29.5 Å².